The van der Waals surface area contributed by atoms with Gasteiger partial charge < -0.3 is 14.6 Å². The summed E-state index contributed by atoms with van der Waals surface area (Å²) in [7, 11) is 3.30. The second-order valence-corrected chi connectivity index (χ2v) is 6.48. The molecule has 1 saturated carbocycles. The van der Waals surface area contributed by atoms with E-state index in [4.69, 9.17) is 9.47 Å². The molecule has 0 aromatic carbocycles. The Morgan fingerprint density at radius 1 is 1.35 bits per heavy atom. The van der Waals surface area contributed by atoms with E-state index in [-0.39, 0.29) is 6.04 Å². The van der Waals surface area contributed by atoms with Crippen LogP contribution in [0.3, 0.4) is 0 Å². The van der Waals surface area contributed by atoms with Crippen LogP contribution in [-0.4, -0.2) is 46.8 Å². The number of ether oxygens (including phenoxy) is 2. The van der Waals surface area contributed by atoms with Crippen LogP contribution in [0, 0.1) is 0 Å². The third-order valence-electron chi connectivity index (χ3n) is 4.45. The third kappa shape index (κ3) is 2.52. The highest BCUT2D eigenvalue weighted by molar-refractivity contribution is 7.08. The Hall–Kier alpha value is -0.850. The van der Waals surface area contributed by atoms with E-state index in [0.717, 1.165) is 43.0 Å². The van der Waals surface area contributed by atoms with Crippen molar-refractivity contribution in [1.82, 2.24) is 9.27 Å². The lowest BCUT2D eigenvalue weighted by atomic mass is 9.95. The molecule has 1 unspecified atom stereocenters. The van der Waals surface area contributed by atoms with E-state index in [1.807, 2.05) is 0 Å². The SMILES string of the molecule is COc1nsc(OC)c1CN1CCCCC1C1(O)CC1. The summed E-state index contributed by atoms with van der Waals surface area (Å²) in [4.78, 5) is 2.38. The zero-order valence-corrected chi connectivity index (χ0v) is 12.9. The number of likely N-dealkylation sites (tertiary alicyclic amines) is 1. The van der Waals surface area contributed by atoms with Crippen LogP contribution in [0.25, 0.3) is 0 Å². The Morgan fingerprint density at radius 3 is 2.80 bits per heavy atom. The van der Waals surface area contributed by atoms with Crippen LogP contribution < -0.4 is 9.47 Å². The van der Waals surface area contributed by atoms with Gasteiger partial charge in [-0.15, -0.1) is 0 Å². The van der Waals surface area contributed by atoms with Gasteiger partial charge in [-0.05, 0) is 32.2 Å². The quantitative estimate of drug-likeness (QED) is 0.901. The van der Waals surface area contributed by atoms with E-state index in [2.05, 4.69) is 9.27 Å². The summed E-state index contributed by atoms with van der Waals surface area (Å²) in [6.45, 7) is 1.77. The van der Waals surface area contributed by atoms with Crippen LogP contribution in [0.2, 0.25) is 0 Å². The van der Waals surface area contributed by atoms with Crippen molar-refractivity contribution < 1.29 is 14.6 Å². The van der Waals surface area contributed by atoms with E-state index in [1.165, 1.54) is 24.4 Å². The van der Waals surface area contributed by atoms with Gasteiger partial charge in [-0.3, -0.25) is 4.90 Å². The molecule has 1 N–H and O–H groups in total. The molecule has 2 aliphatic rings. The topological polar surface area (TPSA) is 54.8 Å². The van der Waals surface area contributed by atoms with Gasteiger partial charge in [0.2, 0.25) is 10.9 Å². The van der Waals surface area contributed by atoms with Gasteiger partial charge in [-0.2, -0.15) is 4.37 Å². The fourth-order valence-corrected chi connectivity index (χ4v) is 3.87. The lowest BCUT2D eigenvalue weighted by Crippen LogP contribution is -2.47. The number of hydrogen-bond donors (Lipinski definition) is 1. The van der Waals surface area contributed by atoms with Gasteiger partial charge in [0, 0.05) is 24.1 Å². The number of aromatic nitrogens is 1. The summed E-state index contributed by atoms with van der Waals surface area (Å²) in [5.74, 6) is 0.652. The molecule has 1 aromatic rings. The summed E-state index contributed by atoms with van der Waals surface area (Å²) in [6.07, 6.45) is 5.35. The largest absolute Gasteiger partial charge is 0.486 e. The number of hydrogen-bond acceptors (Lipinski definition) is 6. The molecule has 1 aliphatic carbocycles. The summed E-state index contributed by atoms with van der Waals surface area (Å²) >= 11 is 1.33. The molecule has 1 aromatic heterocycles. The van der Waals surface area contributed by atoms with Crippen LogP contribution in [0.15, 0.2) is 0 Å². The second kappa shape index (κ2) is 5.50. The Bertz CT molecular complexity index is 451. The Kier molecular flexibility index (Phi) is 3.88. The molecule has 0 radical (unpaired) electrons. The number of rotatable bonds is 5. The molecule has 2 heterocycles. The van der Waals surface area contributed by atoms with E-state index in [0.29, 0.717) is 5.88 Å². The normalized spacial score (nSPS) is 25.4. The zero-order chi connectivity index (χ0) is 14.2. The van der Waals surface area contributed by atoms with Crippen molar-refractivity contribution in [1.29, 1.82) is 0 Å². The van der Waals surface area contributed by atoms with Crippen molar-refractivity contribution in [2.45, 2.75) is 50.3 Å². The lowest BCUT2D eigenvalue weighted by Gasteiger charge is -2.38. The molecule has 20 heavy (non-hydrogen) atoms. The van der Waals surface area contributed by atoms with Crippen LogP contribution in [0.4, 0.5) is 0 Å². The van der Waals surface area contributed by atoms with Gasteiger partial charge >= 0.3 is 0 Å². The van der Waals surface area contributed by atoms with Crippen LogP contribution in [-0.2, 0) is 6.54 Å². The van der Waals surface area contributed by atoms with Crippen molar-refractivity contribution in [2.24, 2.45) is 0 Å². The minimum Gasteiger partial charge on any atom is -0.486 e. The van der Waals surface area contributed by atoms with Gasteiger partial charge in [0.15, 0.2) is 0 Å². The maximum atomic E-state index is 10.5. The van der Waals surface area contributed by atoms with Gasteiger partial charge in [-0.1, -0.05) is 6.42 Å². The standard InChI is InChI=1S/C14H22N2O3S/c1-18-12-10(13(19-2)20-15-12)9-16-8-4-3-5-11(16)14(17)6-7-14/h11,17H,3-9H2,1-2H3. The molecule has 6 heteroatoms. The first-order valence-electron chi connectivity index (χ1n) is 7.21. The molecule has 0 amide bonds. The molecule has 1 saturated heterocycles. The van der Waals surface area contributed by atoms with Crippen molar-refractivity contribution in [3.8, 4) is 10.9 Å². The van der Waals surface area contributed by atoms with Gasteiger partial charge in [0.25, 0.3) is 0 Å². The van der Waals surface area contributed by atoms with E-state index in [1.54, 1.807) is 14.2 Å². The highest BCUT2D eigenvalue weighted by Crippen LogP contribution is 2.45. The van der Waals surface area contributed by atoms with Crippen LogP contribution >= 0.6 is 11.5 Å². The highest BCUT2D eigenvalue weighted by Gasteiger charge is 2.50. The molecule has 3 rings (SSSR count). The van der Waals surface area contributed by atoms with Gasteiger partial charge in [0.05, 0.1) is 25.4 Å². The predicted molar refractivity (Wildman–Crippen MR) is 77.5 cm³/mol. The summed E-state index contributed by atoms with van der Waals surface area (Å²) in [6, 6.07) is 0.269. The molecule has 2 fully saturated rings. The second-order valence-electron chi connectivity index (χ2n) is 5.75. The van der Waals surface area contributed by atoms with E-state index in [9.17, 15) is 5.11 Å². The van der Waals surface area contributed by atoms with Crippen molar-refractivity contribution in [3.05, 3.63) is 5.56 Å². The molecular formula is C14H22N2O3S. The first-order valence-corrected chi connectivity index (χ1v) is 7.98. The van der Waals surface area contributed by atoms with Crippen molar-refractivity contribution >= 4 is 11.5 Å². The number of aliphatic hydroxyl groups is 1. The van der Waals surface area contributed by atoms with E-state index >= 15 is 0 Å². The maximum absolute atomic E-state index is 10.5. The molecule has 5 nitrogen and oxygen atoms in total. The lowest BCUT2D eigenvalue weighted by molar-refractivity contribution is 0.00319. The maximum Gasteiger partial charge on any atom is 0.233 e. The fourth-order valence-electron chi connectivity index (χ4n) is 3.19. The van der Waals surface area contributed by atoms with Crippen molar-refractivity contribution in [2.75, 3.05) is 20.8 Å². The number of methoxy groups -OCH3 is 2. The Morgan fingerprint density at radius 2 is 2.15 bits per heavy atom. The van der Waals surface area contributed by atoms with Gasteiger partial charge in [-0.25, -0.2) is 0 Å². The van der Waals surface area contributed by atoms with Gasteiger partial charge in [0.1, 0.15) is 0 Å². The summed E-state index contributed by atoms with van der Waals surface area (Å²) in [5.41, 5.74) is 0.556. The summed E-state index contributed by atoms with van der Waals surface area (Å²) < 4.78 is 15.0. The number of piperidine rings is 1. The van der Waals surface area contributed by atoms with Crippen LogP contribution in [0.5, 0.6) is 10.9 Å². The zero-order valence-electron chi connectivity index (χ0n) is 12.1. The highest BCUT2D eigenvalue weighted by atomic mass is 32.1. The molecule has 1 aliphatic heterocycles. The monoisotopic (exact) mass is 298 g/mol. The summed E-state index contributed by atoms with van der Waals surface area (Å²) in [5, 5.41) is 11.3. The minimum absolute atomic E-state index is 0.269. The predicted octanol–water partition coefficient (Wildman–Crippen LogP) is 2.04. The Labute approximate surface area is 123 Å². The Balaban J connectivity index is 1.80. The average Bonchev–Trinajstić information content (AvgIpc) is 3.10. The molecule has 1 atom stereocenters. The van der Waals surface area contributed by atoms with Crippen LogP contribution in [0.1, 0.15) is 37.7 Å². The third-order valence-corrected chi connectivity index (χ3v) is 5.29. The fraction of sp³-hybridized carbons (Fsp3) is 0.786. The smallest absolute Gasteiger partial charge is 0.233 e. The average molecular weight is 298 g/mol. The first kappa shape index (κ1) is 14.1. The molecular weight excluding hydrogens is 276 g/mol. The molecule has 0 spiro atoms. The molecule has 0 bridgehead atoms. The number of nitrogens with zero attached hydrogens (tertiary/aromatic N) is 2. The first-order chi connectivity index (χ1) is 9.68. The molecule has 112 valence electrons. The van der Waals surface area contributed by atoms with Crippen molar-refractivity contribution in [3.63, 3.8) is 0 Å². The van der Waals surface area contributed by atoms with E-state index < -0.39 is 5.60 Å². The minimum atomic E-state index is -0.454.